The van der Waals surface area contributed by atoms with E-state index in [9.17, 15) is 9.90 Å². The molecule has 0 saturated heterocycles. The predicted octanol–water partition coefficient (Wildman–Crippen LogP) is 2.44. The number of aryl methyl sites for hydroxylation is 2. The van der Waals surface area contributed by atoms with Gasteiger partial charge in [0.05, 0.1) is 11.4 Å². The van der Waals surface area contributed by atoms with E-state index < -0.39 is 0 Å². The lowest BCUT2D eigenvalue weighted by atomic mass is 10.1. The van der Waals surface area contributed by atoms with Crippen molar-refractivity contribution < 1.29 is 9.90 Å². The number of phenolic OH excluding ortho intramolecular Hbond substituents is 1. The summed E-state index contributed by atoms with van der Waals surface area (Å²) in [4.78, 5) is 14.2. The highest BCUT2D eigenvalue weighted by molar-refractivity contribution is 5.93. The number of aromatic nitrogens is 4. The lowest BCUT2D eigenvalue weighted by molar-refractivity contribution is 0.0790. The van der Waals surface area contributed by atoms with Gasteiger partial charge >= 0.3 is 0 Å². The number of carbonyl (C=O) groups is 1. The fourth-order valence-electron chi connectivity index (χ4n) is 2.74. The van der Waals surface area contributed by atoms with Gasteiger partial charge in [0.2, 0.25) is 0 Å². The van der Waals surface area contributed by atoms with Crippen molar-refractivity contribution in [3.63, 3.8) is 0 Å². The molecule has 0 aliphatic rings. The van der Waals surface area contributed by atoms with Crippen LogP contribution in [0.3, 0.4) is 0 Å². The second-order valence-corrected chi connectivity index (χ2v) is 6.10. The third-order valence-corrected chi connectivity index (χ3v) is 4.30. The van der Waals surface area contributed by atoms with Gasteiger partial charge < -0.3 is 10.0 Å². The third-order valence-electron chi connectivity index (χ3n) is 4.30. The van der Waals surface area contributed by atoms with Crippen molar-refractivity contribution in [1.82, 2.24) is 25.3 Å². The molecule has 25 heavy (non-hydrogen) atoms. The number of H-pyrrole nitrogens is 2. The Morgan fingerprint density at radius 3 is 2.52 bits per heavy atom. The van der Waals surface area contributed by atoms with Gasteiger partial charge in [0.25, 0.3) is 5.91 Å². The first-order valence-electron chi connectivity index (χ1n) is 8.06. The molecule has 0 aliphatic carbocycles. The highest BCUT2D eigenvalue weighted by atomic mass is 16.3. The molecule has 3 rings (SSSR count). The zero-order chi connectivity index (χ0) is 18.0. The number of hydrogen-bond acceptors (Lipinski definition) is 4. The van der Waals surface area contributed by atoms with Gasteiger partial charge in [-0.25, -0.2) is 0 Å². The van der Waals surface area contributed by atoms with Crippen LogP contribution in [0.25, 0.3) is 11.3 Å². The second-order valence-electron chi connectivity index (χ2n) is 6.10. The number of amides is 1. The molecule has 0 spiro atoms. The Morgan fingerprint density at radius 1 is 1.16 bits per heavy atom. The van der Waals surface area contributed by atoms with E-state index in [0.29, 0.717) is 17.9 Å². The molecule has 3 N–H and O–H groups in total. The highest BCUT2D eigenvalue weighted by Crippen LogP contribution is 2.21. The number of hydrogen-bond donors (Lipinski definition) is 3. The number of nitrogens with one attached hydrogen (secondary N) is 2. The maximum absolute atomic E-state index is 12.6. The van der Waals surface area contributed by atoms with Crippen LogP contribution >= 0.6 is 0 Å². The van der Waals surface area contributed by atoms with E-state index in [-0.39, 0.29) is 11.7 Å². The quantitative estimate of drug-likeness (QED) is 0.665. The molecule has 0 saturated carbocycles. The summed E-state index contributed by atoms with van der Waals surface area (Å²) in [7, 11) is 1.77. The maximum atomic E-state index is 12.6. The molecule has 1 aromatic carbocycles. The van der Waals surface area contributed by atoms with Gasteiger partial charge in [-0.1, -0.05) is 0 Å². The van der Waals surface area contributed by atoms with E-state index in [4.69, 9.17) is 0 Å². The van der Waals surface area contributed by atoms with Crippen LogP contribution < -0.4 is 0 Å². The Morgan fingerprint density at radius 2 is 1.88 bits per heavy atom. The molecule has 2 heterocycles. The molecule has 0 radical (unpaired) electrons. The number of phenols is 1. The molecular weight excluding hydrogens is 318 g/mol. The summed E-state index contributed by atoms with van der Waals surface area (Å²) < 4.78 is 0. The number of rotatable bonds is 5. The van der Waals surface area contributed by atoms with E-state index in [1.165, 1.54) is 0 Å². The molecular formula is C18H21N5O2. The smallest absolute Gasteiger partial charge is 0.271 e. The van der Waals surface area contributed by atoms with Crippen molar-refractivity contribution in [2.75, 3.05) is 13.6 Å². The Balaban J connectivity index is 1.67. The van der Waals surface area contributed by atoms with Crippen LogP contribution in [0.4, 0.5) is 0 Å². The summed E-state index contributed by atoms with van der Waals surface area (Å²) in [5.74, 6) is 0.0801. The first-order chi connectivity index (χ1) is 12.0. The predicted molar refractivity (Wildman–Crippen MR) is 94.4 cm³/mol. The fraction of sp³-hybridized carbons (Fsp3) is 0.278. The van der Waals surface area contributed by atoms with E-state index in [2.05, 4.69) is 20.4 Å². The van der Waals surface area contributed by atoms with E-state index in [1.54, 1.807) is 42.3 Å². The first-order valence-corrected chi connectivity index (χ1v) is 8.06. The van der Waals surface area contributed by atoms with Crippen LogP contribution in [0.5, 0.6) is 5.75 Å². The summed E-state index contributed by atoms with van der Waals surface area (Å²) in [5, 5.41) is 23.5. The van der Waals surface area contributed by atoms with E-state index in [0.717, 1.165) is 28.9 Å². The van der Waals surface area contributed by atoms with Crippen LogP contribution in [0.2, 0.25) is 0 Å². The summed E-state index contributed by atoms with van der Waals surface area (Å²) >= 11 is 0. The minimum atomic E-state index is -0.115. The molecule has 0 aliphatic heterocycles. The standard InChI is InChI=1S/C18H21N5O2/c1-11-15(12(2)20-19-11)8-9-23(3)18(25)17-10-16(21-22-17)13-4-6-14(24)7-5-13/h4-7,10,24H,8-9H2,1-3H3,(H,19,20)(H,21,22). The van der Waals surface area contributed by atoms with Gasteiger partial charge in [0.15, 0.2) is 0 Å². The molecule has 0 bridgehead atoms. The summed E-state index contributed by atoms with van der Waals surface area (Å²) in [6, 6.07) is 8.42. The van der Waals surface area contributed by atoms with Crippen molar-refractivity contribution in [3.05, 3.63) is 53.0 Å². The number of benzene rings is 1. The Kier molecular flexibility index (Phi) is 4.56. The number of aromatic hydroxyl groups is 1. The average molecular weight is 339 g/mol. The topological polar surface area (TPSA) is 97.9 Å². The Labute approximate surface area is 145 Å². The molecule has 0 atom stereocenters. The van der Waals surface area contributed by atoms with Gasteiger partial charge in [-0.15, -0.1) is 0 Å². The number of carbonyl (C=O) groups excluding carboxylic acids is 1. The summed E-state index contributed by atoms with van der Waals surface area (Å²) in [5.41, 5.74) is 5.09. The first kappa shape index (κ1) is 16.8. The molecule has 0 fully saturated rings. The largest absolute Gasteiger partial charge is 0.508 e. The monoisotopic (exact) mass is 339 g/mol. The zero-order valence-electron chi connectivity index (χ0n) is 14.5. The van der Waals surface area contributed by atoms with Crippen molar-refractivity contribution in [3.8, 4) is 17.0 Å². The van der Waals surface area contributed by atoms with Crippen LogP contribution in [0, 0.1) is 13.8 Å². The molecule has 2 aromatic heterocycles. The number of nitrogens with zero attached hydrogens (tertiary/aromatic N) is 3. The van der Waals surface area contributed by atoms with E-state index >= 15 is 0 Å². The number of aromatic amines is 2. The normalized spacial score (nSPS) is 10.8. The molecule has 3 aromatic rings. The zero-order valence-corrected chi connectivity index (χ0v) is 14.5. The van der Waals surface area contributed by atoms with Gasteiger partial charge in [0, 0.05) is 24.8 Å². The van der Waals surface area contributed by atoms with Crippen molar-refractivity contribution >= 4 is 5.91 Å². The lowest BCUT2D eigenvalue weighted by Crippen LogP contribution is -2.29. The van der Waals surface area contributed by atoms with Crippen molar-refractivity contribution in [1.29, 1.82) is 0 Å². The molecule has 7 heteroatoms. The van der Waals surface area contributed by atoms with Crippen LogP contribution in [0.15, 0.2) is 30.3 Å². The summed E-state index contributed by atoms with van der Waals surface area (Å²) in [6.07, 6.45) is 0.745. The fourth-order valence-corrected chi connectivity index (χ4v) is 2.74. The van der Waals surface area contributed by atoms with Gasteiger partial charge in [0.1, 0.15) is 11.4 Å². The molecule has 130 valence electrons. The third kappa shape index (κ3) is 3.55. The number of likely N-dealkylation sites (N-methyl/N-ethyl adjacent to an activating group) is 1. The minimum Gasteiger partial charge on any atom is -0.508 e. The van der Waals surface area contributed by atoms with Crippen LogP contribution in [0.1, 0.15) is 27.4 Å². The highest BCUT2D eigenvalue weighted by Gasteiger charge is 2.16. The molecule has 0 unspecified atom stereocenters. The van der Waals surface area contributed by atoms with Gasteiger partial charge in [-0.3, -0.25) is 15.0 Å². The maximum Gasteiger partial charge on any atom is 0.271 e. The second kappa shape index (κ2) is 6.80. The van der Waals surface area contributed by atoms with Crippen LogP contribution in [-0.4, -0.2) is 49.9 Å². The molecule has 7 nitrogen and oxygen atoms in total. The van der Waals surface area contributed by atoms with Crippen molar-refractivity contribution in [2.45, 2.75) is 20.3 Å². The minimum absolute atomic E-state index is 0.115. The van der Waals surface area contributed by atoms with Gasteiger partial charge in [-0.2, -0.15) is 10.2 Å². The lowest BCUT2D eigenvalue weighted by Gasteiger charge is -2.16. The van der Waals surface area contributed by atoms with Crippen molar-refractivity contribution in [2.24, 2.45) is 0 Å². The molecule has 1 amide bonds. The summed E-state index contributed by atoms with van der Waals surface area (Å²) in [6.45, 7) is 4.53. The van der Waals surface area contributed by atoms with Crippen LogP contribution in [-0.2, 0) is 6.42 Å². The van der Waals surface area contributed by atoms with E-state index in [1.807, 2.05) is 13.8 Å². The van der Waals surface area contributed by atoms with Gasteiger partial charge in [-0.05, 0) is 56.2 Å². The average Bonchev–Trinajstić information content (AvgIpc) is 3.21. The Bertz CT molecular complexity index is 860. The SMILES string of the molecule is Cc1n[nH]c(C)c1CCN(C)C(=O)c1cc(-c2ccc(O)cc2)n[nH]1. The Hall–Kier alpha value is -3.09.